The zero-order chi connectivity index (χ0) is 19.7. The van der Waals surface area contributed by atoms with Crippen LogP contribution in [0.25, 0.3) is 22.1 Å². The molecular formula is C20H19N5O2S. The molecule has 0 bridgehead atoms. The van der Waals surface area contributed by atoms with Crippen LogP contribution in [0.5, 0.6) is 0 Å². The molecule has 2 heterocycles. The quantitative estimate of drug-likeness (QED) is 0.444. The molecule has 0 fully saturated rings. The molecule has 0 radical (unpaired) electrons. The Morgan fingerprint density at radius 1 is 1.11 bits per heavy atom. The van der Waals surface area contributed by atoms with Gasteiger partial charge in [-0.15, -0.1) is 0 Å². The summed E-state index contributed by atoms with van der Waals surface area (Å²) >= 11 is 0. The van der Waals surface area contributed by atoms with Crippen molar-refractivity contribution < 1.29 is 8.63 Å². The third kappa shape index (κ3) is 3.91. The fourth-order valence-corrected chi connectivity index (χ4v) is 3.48. The van der Waals surface area contributed by atoms with Crippen molar-refractivity contribution in [1.29, 1.82) is 0 Å². The maximum absolute atomic E-state index is 11.8. The van der Waals surface area contributed by atoms with Gasteiger partial charge in [-0.3, -0.25) is 0 Å². The summed E-state index contributed by atoms with van der Waals surface area (Å²) in [4.78, 5) is 8.38. The van der Waals surface area contributed by atoms with Crippen LogP contribution in [0.4, 0.5) is 23.2 Å². The highest BCUT2D eigenvalue weighted by Crippen LogP contribution is 2.29. The number of nitrogens with zero attached hydrogens (tertiary/aromatic N) is 2. The number of hydrogen-bond acceptors (Lipinski definition) is 6. The lowest BCUT2D eigenvalue weighted by molar-refractivity contribution is 0.592. The molecule has 7 nitrogen and oxygen atoms in total. The number of pyridine rings is 1. The molecule has 8 heteroatoms. The Hall–Kier alpha value is -3.52. The van der Waals surface area contributed by atoms with Gasteiger partial charge in [-0.25, -0.2) is 14.2 Å². The average Bonchev–Trinajstić information content (AvgIpc) is 3.09. The van der Waals surface area contributed by atoms with Gasteiger partial charge >= 0.3 is 0 Å². The first-order chi connectivity index (χ1) is 13.4. The standard InChI is InChI=1S/C20H19N5O2S/c1-28(2,26)25-16-5-3-4-15(11-16)24-20-23-12-18(27-20)14-6-7-17-13(10-14)8-9-22-19(17)21/h3-12H,1H2,2H3,(H2,21,22)(H,23,24)(H,25,26). The van der Waals surface area contributed by atoms with Gasteiger partial charge in [0.2, 0.25) is 0 Å². The zero-order valence-electron chi connectivity index (χ0n) is 15.2. The van der Waals surface area contributed by atoms with Crippen molar-refractivity contribution in [3.05, 3.63) is 60.9 Å². The molecule has 142 valence electrons. The van der Waals surface area contributed by atoms with Crippen LogP contribution in [0.15, 0.2) is 65.3 Å². The number of hydrogen-bond donors (Lipinski definition) is 3. The largest absolute Gasteiger partial charge is 0.423 e. The summed E-state index contributed by atoms with van der Waals surface area (Å²) in [6, 6.07) is 15.4. The van der Waals surface area contributed by atoms with Crippen molar-refractivity contribution in [2.75, 3.05) is 22.0 Å². The molecule has 1 atom stereocenters. The predicted molar refractivity (Wildman–Crippen MR) is 116 cm³/mol. The minimum Gasteiger partial charge on any atom is -0.423 e. The van der Waals surface area contributed by atoms with Crippen LogP contribution in [0.2, 0.25) is 0 Å². The molecule has 0 saturated heterocycles. The zero-order valence-corrected chi connectivity index (χ0v) is 16.0. The second-order valence-electron chi connectivity index (χ2n) is 6.47. The Morgan fingerprint density at radius 2 is 1.93 bits per heavy atom. The van der Waals surface area contributed by atoms with E-state index in [2.05, 4.69) is 25.9 Å². The number of nitrogen functional groups attached to an aromatic ring is 1. The SMILES string of the molecule is C=S(C)(=O)Nc1cccc(Nc2ncc(-c3ccc4c(N)nccc4c3)o2)c1. The van der Waals surface area contributed by atoms with E-state index in [9.17, 15) is 4.21 Å². The summed E-state index contributed by atoms with van der Waals surface area (Å²) in [7, 11) is -2.35. The Kier molecular flexibility index (Phi) is 4.40. The average molecular weight is 393 g/mol. The van der Waals surface area contributed by atoms with Crippen molar-refractivity contribution >= 4 is 49.6 Å². The molecular weight excluding hydrogens is 374 g/mol. The number of nitrogens with one attached hydrogen (secondary N) is 2. The summed E-state index contributed by atoms with van der Waals surface area (Å²) in [6.45, 7) is 0. The highest BCUT2D eigenvalue weighted by Gasteiger charge is 2.09. The van der Waals surface area contributed by atoms with Crippen molar-refractivity contribution in [3.8, 4) is 11.3 Å². The first-order valence-corrected chi connectivity index (χ1v) is 10.6. The molecule has 0 spiro atoms. The number of aromatic nitrogens is 2. The third-order valence-electron chi connectivity index (χ3n) is 4.03. The molecule has 28 heavy (non-hydrogen) atoms. The highest BCUT2D eigenvalue weighted by atomic mass is 32.2. The van der Waals surface area contributed by atoms with Crippen LogP contribution in [0, 0.1) is 0 Å². The minimum absolute atomic E-state index is 0.355. The van der Waals surface area contributed by atoms with Gasteiger partial charge in [0.1, 0.15) is 5.82 Å². The van der Waals surface area contributed by atoms with Crippen molar-refractivity contribution in [3.63, 3.8) is 0 Å². The Morgan fingerprint density at radius 3 is 2.75 bits per heavy atom. The lowest BCUT2D eigenvalue weighted by Gasteiger charge is -2.09. The van der Waals surface area contributed by atoms with E-state index in [1.54, 1.807) is 18.6 Å². The first kappa shape index (κ1) is 17.9. The number of fused-ring (bicyclic) bond motifs is 1. The van der Waals surface area contributed by atoms with Gasteiger partial charge in [-0.05, 0) is 47.7 Å². The summed E-state index contributed by atoms with van der Waals surface area (Å²) in [5.41, 5.74) is 8.23. The number of rotatable bonds is 5. The van der Waals surface area contributed by atoms with Crippen molar-refractivity contribution in [2.45, 2.75) is 0 Å². The second kappa shape index (κ2) is 6.90. The fourth-order valence-electron chi connectivity index (χ4n) is 2.85. The fraction of sp³-hybridized carbons (Fsp3) is 0.0500. The van der Waals surface area contributed by atoms with Crippen molar-refractivity contribution in [1.82, 2.24) is 9.97 Å². The van der Waals surface area contributed by atoms with E-state index in [1.807, 2.05) is 48.5 Å². The molecule has 2 aromatic carbocycles. The number of nitrogens with two attached hydrogens (primary N) is 1. The van der Waals surface area contributed by atoms with E-state index in [-0.39, 0.29) is 0 Å². The predicted octanol–water partition coefficient (Wildman–Crippen LogP) is 3.89. The van der Waals surface area contributed by atoms with Crippen LogP contribution in [-0.4, -0.2) is 26.3 Å². The van der Waals surface area contributed by atoms with Crippen LogP contribution in [-0.2, 0) is 9.71 Å². The molecule has 0 aliphatic heterocycles. The molecule has 4 N–H and O–H groups in total. The number of anilines is 4. The van der Waals surface area contributed by atoms with Crippen molar-refractivity contribution in [2.24, 2.45) is 0 Å². The van der Waals surface area contributed by atoms with Gasteiger partial charge in [0.25, 0.3) is 6.01 Å². The van der Waals surface area contributed by atoms with Gasteiger partial charge in [0, 0.05) is 44.5 Å². The molecule has 4 aromatic rings. The van der Waals surface area contributed by atoms with Crippen LogP contribution in [0.3, 0.4) is 0 Å². The second-order valence-corrected chi connectivity index (χ2v) is 8.69. The maximum Gasteiger partial charge on any atom is 0.299 e. The van der Waals surface area contributed by atoms with Gasteiger partial charge in [0.15, 0.2) is 5.76 Å². The normalized spacial score (nSPS) is 13.2. The molecule has 0 amide bonds. The Balaban J connectivity index is 1.58. The number of benzene rings is 2. The molecule has 4 rings (SSSR count). The lowest BCUT2D eigenvalue weighted by atomic mass is 10.1. The summed E-state index contributed by atoms with van der Waals surface area (Å²) in [5, 5.41) is 4.98. The monoisotopic (exact) mass is 393 g/mol. The van der Waals surface area contributed by atoms with E-state index < -0.39 is 9.71 Å². The molecule has 0 aliphatic carbocycles. The smallest absolute Gasteiger partial charge is 0.299 e. The van der Waals surface area contributed by atoms with Gasteiger partial charge in [-0.2, -0.15) is 0 Å². The summed E-state index contributed by atoms with van der Waals surface area (Å²) < 4.78 is 20.5. The van der Waals surface area contributed by atoms with E-state index in [0.717, 1.165) is 22.0 Å². The van der Waals surface area contributed by atoms with Crippen LogP contribution >= 0.6 is 0 Å². The van der Waals surface area contributed by atoms with Crippen LogP contribution in [0.1, 0.15) is 0 Å². The van der Waals surface area contributed by atoms with E-state index in [1.165, 1.54) is 0 Å². The Bertz CT molecular complexity index is 1260. The highest BCUT2D eigenvalue weighted by molar-refractivity contribution is 8.00. The van der Waals surface area contributed by atoms with Crippen LogP contribution < -0.4 is 15.8 Å². The lowest BCUT2D eigenvalue weighted by Crippen LogP contribution is -2.09. The molecule has 1 unspecified atom stereocenters. The molecule has 2 aromatic heterocycles. The third-order valence-corrected chi connectivity index (χ3v) is 4.70. The van der Waals surface area contributed by atoms with E-state index >= 15 is 0 Å². The molecule has 0 aliphatic rings. The minimum atomic E-state index is -2.35. The molecule has 0 saturated carbocycles. The first-order valence-electron chi connectivity index (χ1n) is 8.45. The van der Waals surface area contributed by atoms with Gasteiger partial charge in [-0.1, -0.05) is 12.1 Å². The van der Waals surface area contributed by atoms with Gasteiger partial charge in [0.05, 0.1) is 6.20 Å². The topological polar surface area (TPSA) is 106 Å². The summed E-state index contributed by atoms with van der Waals surface area (Å²) in [5.74, 6) is 4.72. The van der Waals surface area contributed by atoms with Gasteiger partial charge < -0.3 is 20.2 Å². The maximum atomic E-state index is 11.8. The van der Waals surface area contributed by atoms with E-state index in [4.69, 9.17) is 10.2 Å². The van der Waals surface area contributed by atoms with E-state index in [0.29, 0.717) is 23.3 Å². The number of oxazole rings is 1. The Labute approximate surface area is 162 Å². The summed E-state index contributed by atoms with van der Waals surface area (Å²) in [6.07, 6.45) is 4.88.